The van der Waals surface area contributed by atoms with Crippen LogP contribution in [0.25, 0.3) is 0 Å². The number of carbonyl (C=O) groups excluding carboxylic acids is 4. The predicted molar refractivity (Wildman–Crippen MR) is 112 cm³/mol. The van der Waals surface area contributed by atoms with Crippen LogP contribution in [-0.2, 0) is 30.4 Å². The molecule has 0 saturated heterocycles. The summed E-state index contributed by atoms with van der Waals surface area (Å²) in [5.41, 5.74) is 11.6. The predicted octanol–water partition coefficient (Wildman–Crippen LogP) is -2.76. The number of phenols is 1. The number of nitrogens with one attached hydrogen (secondary N) is 3. The summed E-state index contributed by atoms with van der Waals surface area (Å²) in [5, 5.41) is 24.9. The highest BCUT2D eigenvalue weighted by Crippen LogP contribution is 2.10. The van der Waals surface area contributed by atoms with Gasteiger partial charge in [0.15, 0.2) is 0 Å². The van der Waals surface area contributed by atoms with Crippen molar-refractivity contribution >= 4 is 42.2 Å². The first-order valence-corrected chi connectivity index (χ1v) is 9.69. The lowest BCUT2D eigenvalue weighted by molar-refractivity contribution is -0.141. The molecule has 3 unspecified atom stereocenters. The fourth-order valence-electron chi connectivity index (χ4n) is 2.39. The number of carboxylic acids is 1. The van der Waals surface area contributed by atoms with Gasteiger partial charge >= 0.3 is 5.97 Å². The van der Waals surface area contributed by atoms with Crippen molar-refractivity contribution < 1.29 is 34.2 Å². The molecule has 9 N–H and O–H groups in total. The number of thiol groups is 1. The van der Waals surface area contributed by atoms with Crippen LogP contribution >= 0.6 is 12.6 Å². The molecule has 0 heterocycles. The topological polar surface area (TPSA) is 214 Å². The number of hydrogen-bond donors (Lipinski definition) is 8. The van der Waals surface area contributed by atoms with Gasteiger partial charge in [-0.25, -0.2) is 4.79 Å². The van der Waals surface area contributed by atoms with Gasteiger partial charge in [0.25, 0.3) is 0 Å². The van der Waals surface area contributed by atoms with E-state index < -0.39 is 60.7 Å². The number of phenolic OH excluding ortho intramolecular Hbond substituents is 1. The Labute approximate surface area is 183 Å². The lowest BCUT2D eigenvalue weighted by Crippen LogP contribution is -2.55. The monoisotopic (exact) mass is 455 g/mol. The third kappa shape index (κ3) is 9.35. The summed E-state index contributed by atoms with van der Waals surface area (Å²) >= 11 is 3.81. The number of aliphatic carboxylic acids is 1. The molecule has 1 aromatic carbocycles. The zero-order chi connectivity index (χ0) is 23.6. The number of aromatic hydroxyl groups is 1. The van der Waals surface area contributed by atoms with E-state index in [0.717, 1.165) is 0 Å². The summed E-state index contributed by atoms with van der Waals surface area (Å²) in [6.45, 7) is -0.542. The van der Waals surface area contributed by atoms with Crippen molar-refractivity contribution in [1.29, 1.82) is 0 Å². The van der Waals surface area contributed by atoms with Crippen molar-refractivity contribution in [2.24, 2.45) is 11.5 Å². The first-order chi connectivity index (χ1) is 14.5. The first-order valence-electron chi connectivity index (χ1n) is 9.06. The molecule has 0 saturated carbocycles. The van der Waals surface area contributed by atoms with Crippen molar-refractivity contribution in [1.82, 2.24) is 16.0 Å². The number of carbonyl (C=O) groups is 5. The zero-order valence-corrected chi connectivity index (χ0v) is 17.3. The van der Waals surface area contributed by atoms with Gasteiger partial charge in [-0.2, -0.15) is 12.6 Å². The Morgan fingerprint density at radius 2 is 1.61 bits per heavy atom. The zero-order valence-electron chi connectivity index (χ0n) is 16.4. The van der Waals surface area contributed by atoms with Gasteiger partial charge in [-0.3, -0.25) is 19.2 Å². The van der Waals surface area contributed by atoms with Crippen molar-refractivity contribution in [2.45, 2.75) is 31.0 Å². The summed E-state index contributed by atoms with van der Waals surface area (Å²) in [7, 11) is 0. The molecule has 0 bridgehead atoms. The number of hydrogen-bond acceptors (Lipinski definition) is 8. The second kappa shape index (κ2) is 12.4. The number of rotatable bonds is 12. The van der Waals surface area contributed by atoms with Crippen LogP contribution in [0.4, 0.5) is 0 Å². The minimum atomic E-state index is -1.44. The van der Waals surface area contributed by atoms with Crippen LogP contribution in [0.1, 0.15) is 12.0 Å². The number of primary amides is 1. The van der Waals surface area contributed by atoms with E-state index in [9.17, 15) is 29.1 Å². The quantitative estimate of drug-likeness (QED) is 0.154. The standard InChI is InChI=1S/C18H25N5O7S/c19-11(5-9-1-3-10(24)4-2-9)16(27)21-7-15(26)22-12(6-14(20)25)17(28)23-13(8-31)18(29)30/h1-4,11-13,24,31H,5-8,19H2,(H2,20,25)(H,21,27)(H,22,26)(H,23,28)(H,29,30). The molecular formula is C18H25N5O7S. The summed E-state index contributed by atoms with van der Waals surface area (Å²) in [5.74, 6) is -4.79. The third-order valence-corrected chi connectivity index (χ3v) is 4.37. The van der Waals surface area contributed by atoms with Gasteiger partial charge < -0.3 is 37.6 Å². The number of nitrogens with two attached hydrogens (primary N) is 2. The van der Waals surface area contributed by atoms with E-state index in [-0.39, 0.29) is 17.9 Å². The largest absolute Gasteiger partial charge is 0.508 e. The van der Waals surface area contributed by atoms with Gasteiger partial charge in [0.2, 0.25) is 23.6 Å². The normalized spacial score (nSPS) is 13.4. The average Bonchev–Trinajstić information content (AvgIpc) is 2.70. The van der Waals surface area contributed by atoms with Gasteiger partial charge in [-0.15, -0.1) is 0 Å². The van der Waals surface area contributed by atoms with Gasteiger partial charge in [-0.05, 0) is 24.1 Å². The fourth-order valence-corrected chi connectivity index (χ4v) is 2.64. The molecule has 4 amide bonds. The summed E-state index contributed by atoms with van der Waals surface area (Å²) in [6.07, 6.45) is -0.425. The Hall–Kier alpha value is -3.32. The Morgan fingerprint density at radius 1 is 1.00 bits per heavy atom. The van der Waals surface area contributed by atoms with Crippen LogP contribution in [0.5, 0.6) is 5.75 Å². The molecule has 0 aliphatic heterocycles. The van der Waals surface area contributed by atoms with Gasteiger partial charge in [-0.1, -0.05) is 12.1 Å². The molecule has 0 aliphatic carbocycles. The van der Waals surface area contributed by atoms with Crippen LogP contribution in [0.15, 0.2) is 24.3 Å². The minimum Gasteiger partial charge on any atom is -0.508 e. The van der Waals surface area contributed by atoms with E-state index in [4.69, 9.17) is 16.6 Å². The molecule has 0 spiro atoms. The van der Waals surface area contributed by atoms with Gasteiger partial charge in [0.05, 0.1) is 19.0 Å². The van der Waals surface area contributed by atoms with Crippen LogP contribution in [-0.4, -0.2) is 70.2 Å². The first kappa shape index (κ1) is 25.7. The smallest absolute Gasteiger partial charge is 0.327 e. The van der Waals surface area contributed by atoms with Crippen LogP contribution in [0, 0.1) is 0 Å². The molecule has 3 atom stereocenters. The van der Waals surface area contributed by atoms with E-state index in [2.05, 4.69) is 28.6 Å². The van der Waals surface area contributed by atoms with E-state index in [0.29, 0.717) is 5.56 Å². The molecule has 170 valence electrons. The second-order valence-electron chi connectivity index (χ2n) is 6.57. The van der Waals surface area contributed by atoms with Crippen molar-refractivity contribution in [2.75, 3.05) is 12.3 Å². The maximum Gasteiger partial charge on any atom is 0.327 e. The van der Waals surface area contributed by atoms with Gasteiger partial charge in [0, 0.05) is 5.75 Å². The molecule has 31 heavy (non-hydrogen) atoms. The van der Waals surface area contributed by atoms with Crippen LogP contribution < -0.4 is 27.4 Å². The molecular weight excluding hydrogens is 430 g/mol. The van der Waals surface area contributed by atoms with E-state index in [1.807, 2.05) is 0 Å². The molecule has 0 radical (unpaired) electrons. The summed E-state index contributed by atoms with van der Waals surface area (Å²) < 4.78 is 0. The number of benzene rings is 1. The molecule has 0 fully saturated rings. The lowest BCUT2D eigenvalue weighted by atomic mass is 10.1. The van der Waals surface area contributed by atoms with Crippen LogP contribution in [0.3, 0.4) is 0 Å². The van der Waals surface area contributed by atoms with E-state index >= 15 is 0 Å². The highest BCUT2D eigenvalue weighted by Gasteiger charge is 2.27. The number of amides is 4. The van der Waals surface area contributed by atoms with Crippen molar-refractivity contribution in [3.63, 3.8) is 0 Å². The third-order valence-electron chi connectivity index (χ3n) is 4.01. The maximum atomic E-state index is 12.2. The maximum absolute atomic E-state index is 12.2. The molecule has 12 nitrogen and oxygen atoms in total. The Bertz CT molecular complexity index is 818. The van der Waals surface area contributed by atoms with Crippen molar-refractivity contribution in [3.8, 4) is 5.75 Å². The molecule has 1 aromatic rings. The highest BCUT2D eigenvalue weighted by molar-refractivity contribution is 7.80. The molecule has 13 heteroatoms. The molecule has 1 rings (SSSR count). The van der Waals surface area contributed by atoms with Gasteiger partial charge in [0.1, 0.15) is 17.8 Å². The fraction of sp³-hybridized carbons (Fsp3) is 0.389. The van der Waals surface area contributed by atoms with Crippen LogP contribution in [0.2, 0.25) is 0 Å². The Balaban J connectivity index is 2.61. The lowest BCUT2D eigenvalue weighted by Gasteiger charge is -2.20. The molecule has 0 aromatic heterocycles. The van der Waals surface area contributed by atoms with E-state index in [1.54, 1.807) is 12.1 Å². The Kier molecular flexibility index (Phi) is 10.3. The second-order valence-corrected chi connectivity index (χ2v) is 6.93. The minimum absolute atomic E-state index is 0.0667. The Morgan fingerprint density at radius 3 is 2.13 bits per heavy atom. The van der Waals surface area contributed by atoms with Crippen molar-refractivity contribution in [3.05, 3.63) is 29.8 Å². The average molecular weight is 455 g/mol. The summed E-state index contributed by atoms with van der Waals surface area (Å²) in [4.78, 5) is 58.6. The SMILES string of the molecule is NC(=O)CC(NC(=O)CNC(=O)C(N)Cc1ccc(O)cc1)C(=O)NC(CS)C(=O)O. The summed E-state index contributed by atoms with van der Waals surface area (Å²) in [6, 6.07) is 2.33. The molecule has 0 aliphatic rings. The van der Waals surface area contributed by atoms with E-state index in [1.165, 1.54) is 12.1 Å². The number of carboxylic acid groups (broad SMARTS) is 1. The highest BCUT2D eigenvalue weighted by atomic mass is 32.1.